The molecule has 1 atom stereocenters. The number of carbonyl (C=O) groups excluding carboxylic acids is 3. The summed E-state index contributed by atoms with van der Waals surface area (Å²) in [7, 11) is 0. The number of anilines is 2. The summed E-state index contributed by atoms with van der Waals surface area (Å²) in [6.45, 7) is 6.80. The zero-order valence-electron chi connectivity index (χ0n) is 17.5. The van der Waals surface area contributed by atoms with Crippen LogP contribution in [0.15, 0.2) is 42.5 Å². The van der Waals surface area contributed by atoms with E-state index in [1.807, 2.05) is 31.2 Å². The highest BCUT2D eigenvalue weighted by Crippen LogP contribution is 2.26. The molecule has 1 unspecified atom stereocenters. The van der Waals surface area contributed by atoms with Crippen molar-refractivity contribution in [2.75, 3.05) is 29.9 Å². The molecule has 0 radical (unpaired) electrons. The van der Waals surface area contributed by atoms with Crippen molar-refractivity contribution in [2.24, 2.45) is 5.92 Å². The van der Waals surface area contributed by atoms with Crippen LogP contribution >= 0.6 is 0 Å². The highest BCUT2D eigenvalue weighted by Gasteiger charge is 2.35. The molecule has 0 aliphatic carbocycles. The van der Waals surface area contributed by atoms with Gasteiger partial charge in [0.05, 0.1) is 11.1 Å². The van der Waals surface area contributed by atoms with Gasteiger partial charge in [0.25, 0.3) is 17.7 Å². The van der Waals surface area contributed by atoms with Crippen LogP contribution in [0.3, 0.4) is 0 Å². The van der Waals surface area contributed by atoms with Gasteiger partial charge in [0, 0.05) is 36.6 Å². The minimum absolute atomic E-state index is 0.276. The van der Waals surface area contributed by atoms with Gasteiger partial charge in [0.2, 0.25) is 0 Å². The number of fused-ring (bicyclic) bond motifs is 1. The van der Waals surface area contributed by atoms with E-state index in [-0.39, 0.29) is 17.7 Å². The Bertz CT molecular complexity index is 984. The van der Waals surface area contributed by atoms with E-state index >= 15 is 0 Å². The largest absolute Gasteiger partial charge is 0.371 e. The minimum Gasteiger partial charge on any atom is -0.371 e. The van der Waals surface area contributed by atoms with Gasteiger partial charge in [0.1, 0.15) is 0 Å². The molecule has 1 N–H and O–H groups in total. The smallest absolute Gasteiger partial charge is 0.261 e. The average molecular weight is 405 g/mol. The third-order valence-electron chi connectivity index (χ3n) is 5.88. The Morgan fingerprint density at radius 1 is 1.07 bits per heavy atom. The van der Waals surface area contributed by atoms with E-state index in [1.165, 1.54) is 17.4 Å². The maximum absolute atomic E-state index is 12.7. The number of hydrogen-bond donors (Lipinski definition) is 1. The van der Waals surface area contributed by atoms with Crippen molar-refractivity contribution in [3.05, 3.63) is 59.2 Å². The molecule has 0 bridgehead atoms. The number of benzene rings is 2. The first-order valence-corrected chi connectivity index (χ1v) is 10.6. The van der Waals surface area contributed by atoms with E-state index in [9.17, 15) is 14.4 Å². The van der Waals surface area contributed by atoms with Gasteiger partial charge < -0.3 is 10.2 Å². The highest BCUT2D eigenvalue weighted by atomic mass is 16.2. The lowest BCUT2D eigenvalue weighted by atomic mass is 10.1. The summed E-state index contributed by atoms with van der Waals surface area (Å²) in [4.78, 5) is 41.4. The topological polar surface area (TPSA) is 69.7 Å². The number of amides is 3. The SMILES string of the molecule is CCCCN1C(=O)c2ccc(C(=O)Nc3ccc(N4CCC(C)C4)cc3)cc2C1=O. The molecule has 6 nitrogen and oxygen atoms in total. The number of nitrogens with zero attached hydrogens (tertiary/aromatic N) is 2. The van der Waals surface area contributed by atoms with Crippen LogP contribution in [0, 0.1) is 5.92 Å². The molecule has 2 aromatic rings. The molecule has 0 aromatic heterocycles. The molecule has 1 saturated heterocycles. The molecule has 30 heavy (non-hydrogen) atoms. The summed E-state index contributed by atoms with van der Waals surface area (Å²) in [6, 6.07) is 12.5. The maximum atomic E-state index is 12.7. The normalized spacial score (nSPS) is 18.1. The number of hydrogen-bond acceptors (Lipinski definition) is 4. The van der Waals surface area contributed by atoms with Gasteiger partial charge >= 0.3 is 0 Å². The molecule has 2 aliphatic rings. The van der Waals surface area contributed by atoms with Gasteiger partial charge in [-0.15, -0.1) is 0 Å². The number of imide groups is 1. The molecule has 2 aliphatic heterocycles. The van der Waals surface area contributed by atoms with Gasteiger partial charge in [-0.05, 0) is 61.2 Å². The Hall–Kier alpha value is -3.15. The molecule has 6 heteroatoms. The molecule has 4 rings (SSSR count). The quantitative estimate of drug-likeness (QED) is 0.732. The molecule has 1 fully saturated rings. The third-order valence-corrected chi connectivity index (χ3v) is 5.88. The van der Waals surface area contributed by atoms with Crippen LogP contribution in [0.2, 0.25) is 0 Å². The fourth-order valence-corrected chi connectivity index (χ4v) is 4.08. The fourth-order valence-electron chi connectivity index (χ4n) is 4.08. The molecule has 0 saturated carbocycles. The van der Waals surface area contributed by atoms with Crippen molar-refractivity contribution >= 4 is 29.1 Å². The standard InChI is InChI=1S/C24H27N3O3/c1-3-4-12-27-23(29)20-10-5-17(14-21(20)24(27)30)22(28)25-18-6-8-19(9-7-18)26-13-11-16(2)15-26/h5-10,14,16H,3-4,11-13,15H2,1-2H3,(H,25,28). The first kappa shape index (κ1) is 20.1. The van der Waals surface area contributed by atoms with E-state index in [2.05, 4.69) is 17.1 Å². The second kappa shape index (κ2) is 8.30. The predicted molar refractivity (Wildman–Crippen MR) is 117 cm³/mol. The lowest BCUT2D eigenvalue weighted by Gasteiger charge is -2.18. The molecule has 0 spiro atoms. The summed E-state index contributed by atoms with van der Waals surface area (Å²) in [5.41, 5.74) is 2.90. The van der Waals surface area contributed by atoms with Crippen molar-refractivity contribution in [1.82, 2.24) is 4.90 Å². The third kappa shape index (κ3) is 3.82. The fraction of sp³-hybridized carbons (Fsp3) is 0.375. The van der Waals surface area contributed by atoms with Gasteiger partial charge in [-0.1, -0.05) is 20.3 Å². The van der Waals surface area contributed by atoms with Crippen LogP contribution in [0.4, 0.5) is 11.4 Å². The number of rotatable bonds is 6. The van der Waals surface area contributed by atoms with E-state index < -0.39 is 0 Å². The summed E-state index contributed by atoms with van der Waals surface area (Å²) in [6.07, 6.45) is 2.87. The Kier molecular flexibility index (Phi) is 5.57. The van der Waals surface area contributed by atoms with Gasteiger partial charge in [0.15, 0.2) is 0 Å². The summed E-state index contributed by atoms with van der Waals surface area (Å²) < 4.78 is 0. The highest BCUT2D eigenvalue weighted by molar-refractivity contribution is 6.22. The summed E-state index contributed by atoms with van der Waals surface area (Å²) >= 11 is 0. The molecular formula is C24H27N3O3. The van der Waals surface area contributed by atoms with Gasteiger partial charge in [-0.25, -0.2) is 0 Å². The van der Waals surface area contributed by atoms with Crippen LogP contribution < -0.4 is 10.2 Å². The first-order valence-electron chi connectivity index (χ1n) is 10.6. The van der Waals surface area contributed by atoms with E-state index in [0.29, 0.717) is 34.8 Å². The van der Waals surface area contributed by atoms with E-state index in [0.717, 1.165) is 31.6 Å². The second-order valence-electron chi connectivity index (χ2n) is 8.22. The lowest BCUT2D eigenvalue weighted by molar-refractivity contribution is 0.0652. The van der Waals surface area contributed by atoms with Crippen LogP contribution in [0.1, 0.15) is 64.2 Å². The van der Waals surface area contributed by atoms with Crippen LogP contribution in [-0.4, -0.2) is 42.3 Å². The monoisotopic (exact) mass is 405 g/mol. The van der Waals surface area contributed by atoms with Crippen molar-refractivity contribution in [2.45, 2.75) is 33.1 Å². The molecule has 2 aromatic carbocycles. The summed E-state index contributed by atoms with van der Waals surface area (Å²) in [5.74, 6) is -0.186. The average Bonchev–Trinajstić information content (AvgIpc) is 3.28. The Balaban J connectivity index is 1.46. The molecule has 2 heterocycles. The van der Waals surface area contributed by atoms with Crippen molar-refractivity contribution in [3.63, 3.8) is 0 Å². The van der Waals surface area contributed by atoms with E-state index in [1.54, 1.807) is 12.1 Å². The van der Waals surface area contributed by atoms with Crippen molar-refractivity contribution < 1.29 is 14.4 Å². The van der Waals surface area contributed by atoms with E-state index in [4.69, 9.17) is 0 Å². The van der Waals surface area contributed by atoms with Crippen LogP contribution in [0.5, 0.6) is 0 Å². The second-order valence-corrected chi connectivity index (χ2v) is 8.22. The lowest BCUT2D eigenvalue weighted by Crippen LogP contribution is -2.30. The Morgan fingerprint density at radius 3 is 2.47 bits per heavy atom. The predicted octanol–water partition coefficient (Wildman–Crippen LogP) is 4.18. The van der Waals surface area contributed by atoms with Crippen molar-refractivity contribution in [1.29, 1.82) is 0 Å². The Morgan fingerprint density at radius 2 is 1.80 bits per heavy atom. The first-order chi connectivity index (χ1) is 14.5. The molecule has 3 amide bonds. The van der Waals surface area contributed by atoms with Crippen LogP contribution in [0.25, 0.3) is 0 Å². The minimum atomic E-state index is -0.317. The molecule has 156 valence electrons. The molecular weight excluding hydrogens is 378 g/mol. The zero-order valence-corrected chi connectivity index (χ0v) is 17.5. The van der Waals surface area contributed by atoms with Crippen LogP contribution in [-0.2, 0) is 0 Å². The maximum Gasteiger partial charge on any atom is 0.261 e. The number of unbranched alkanes of at least 4 members (excludes halogenated alkanes) is 1. The number of nitrogens with one attached hydrogen (secondary N) is 1. The van der Waals surface area contributed by atoms with Crippen molar-refractivity contribution in [3.8, 4) is 0 Å². The van der Waals surface area contributed by atoms with Gasteiger partial charge in [-0.2, -0.15) is 0 Å². The number of carbonyl (C=O) groups is 3. The van der Waals surface area contributed by atoms with Gasteiger partial charge in [-0.3, -0.25) is 19.3 Å². The zero-order chi connectivity index (χ0) is 21.3. The Labute approximate surface area is 176 Å². The summed E-state index contributed by atoms with van der Waals surface area (Å²) in [5, 5.41) is 2.88.